The number of carbonyl (C=O) groups excluding carboxylic acids is 1. The van der Waals surface area contributed by atoms with Gasteiger partial charge in [0.25, 0.3) is 5.91 Å². The minimum Gasteiger partial charge on any atom is -0.357 e. The van der Waals surface area contributed by atoms with Crippen molar-refractivity contribution in [1.82, 2.24) is 16.0 Å². The molecule has 0 aliphatic rings. The van der Waals surface area contributed by atoms with Crippen LogP contribution in [-0.4, -0.2) is 31.5 Å². The zero-order valence-corrected chi connectivity index (χ0v) is 18.2. The molecule has 1 rings (SSSR count). The van der Waals surface area contributed by atoms with Crippen molar-refractivity contribution in [3.05, 3.63) is 35.4 Å². The fraction of sp³-hybridized carbons (Fsp3) is 0.579. The summed E-state index contributed by atoms with van der Waals surface area (Å²) in [5.41, 5.74) is 1.71. The number of carbonyl (C=O) groups is 1. The Hall–Kier alpha value is -1.31. The topological polar surface area (TPSA) is 65.5 Å². The zero-order chi connectivity index (χ0) is 17.8. The molecule has 5 nitrogen and oxygen atoms in total. The Bertz CT molecular complexity index is 532. The lowest BCUT2D eigenvalue weighted by atomic mass is 10.1. The molecular formula is C19H33IN4O. The molecule has 142 valence electrons. The molecule has 0 atom stereocenters. The van der Waals surface area contributed by atoms with Crippen molar-refractivity contribution >= 4 is 35.8 Å². The lowest BCUT2D eigenvalue weighted by molar-refractivity contribution is 0.0955. The van der Waals surface area contributed by atoms with Crippen molar-refractivity contribution in [2.24, 2.45) is 10.9 Å². The van der Waals surface area contributed by atoms with E-state index in [1.165, 1.54) is 6.42 Å². The molecule has 0 saturated heterocycles. The summed E-state index contributed by atoms with van der Waals surface area (Å²) in [5, 5.41) is 9.44. The van der Waals surface area contributed by atoms with Gasteiger partial charge in [0.15, 0.2) is 5.96 Å². The second kappa shape index (κ2) is 13.9. The summed E-state index contributed by atoms with van der Waals surface area (Å²) in [5.74, 6) is 1.51. The molecule has 25 heavy (non-hydrogen) atoms. The minimum atomic E-state index is -0.0398. The smallest absolute Gasteiger partial charge is 0.251 e. The Labute approximate surface area is 169 Å². The number of benzene rings is 1. The molecule has 0 aliphatic carbocycles. The number of hydrogen-bond donors (Lipinski definition) is 3. The second-order valence-electron chi connectivity index (χ2n) is 6.22. The largest absolute Gasteiger partial charge is 0.357 e. The molecule has 0 radical (unpaired) electrons. The van der Waals surface area contributed by atoms with E-state index < -0.39 is 0 Å². The summed E-state index contributed by atoms with van der Waals surface area (Å²) in [7, 11) is 0. The number of amides is 1. The summed E-state index contributed by atoms with van der Waals surface area (Å²) < 4.78 is 0. The highest BCUT2D eigenvalue weighted by Gasteiger charge is 2.05. The third kappa shape index (κ3) is 10.3. The van der Waals surface area contributed by atoms with E-state index in [4.69, 9.17) is 0 Å². The molecule has 0 aliphatic heterocycles. The number of aliphatic imine (C=N–C) groups is 1. The van der Waals surface area contributed by atoms with E-state index in [-0.39, 0.29) is 29.9 Å². The van der Waals surface area contributed by atoms with Crippen molar-refractivity contribution in [2.75, 3.05) is 19.6 Å². The number of halogens is 1. The van der Waals surface area contributed by atoms with E-state index in [0.717, 1.165) is 37.0 Å². The van der Waals surface area contributed by atoms with Crippen LogP contribution >= 0.6 is 24.0 Å². The highest BCUT2D eigenvalue weighted by atomic mass is 127. The van der Waals surface area contributed by atoms with Gasteiger partial charge in [-0.05, 0) is 50.3 Å². The van der Waals surface area contributed by atoms with Gasteiger partial charge < -0.3 is 16.0 Å². The van der Waals surface area contributed by atoms with Gasteiger partial charge in [0, 0.05) is 25.2 Å². The molecule has 0 saturated carbocycles. The first-order chi connectivity index (χ1) is 11.6. The average Bonchev–Trinajstić information content (AvgIpc) is 2.56. The number of nitrogens with zero attached hydrogens (tertiary/aromatic N) is 1. The summed E-state index contributed by atoms with van der Waals surface area (Å²) in [6.07, 6.45) is 2.34. The van der Waals surface area contributed by atoms with Crippen molar-refractivity contribution in [1.29, 1.82) is 0 Å². The number of rotatable bonds is 9. The molecule has 3 N–H and O–H groups in total. The average molecular weight is 460 g/mol. The Morgan fingerprint density at radius 3 is 2.48 bits per heavy atom. The molecule has 0 spiro atoms. The van der Waals surface area contributed by atoms with E-state index in [1.54, 1.807) is 0 Å². The maximum Gasteiger partial charge on any atom is 0.251 e. The van der Waals surface area contributed by atoms with E-state index in [2.05, 4.69) is 41.7 Å². The zero-order valence-electron chi connectivity index (χ0n) is 15.9. The van der Waals surface area contributed by atoms with Crippen LogP contribution in [0.15, 0.2) is 29.3 Å². The van der Waals surface area contributed by atoms with Crippen LogP contribution in [0.5, 0.6) is 0 Å². The monoisotopic (exact) mass is 460 g/mol. The van der Waals surface area contributed by atoms with E-state index in [1.807, 2.05) is 31.2 Å². The second-order valence-corrected chi connectivity index (χ2v) is 6.22. The minimum absolute atomic E-state index is 0. The Balaban J connectivity index is 0.00000576. The maximum absolute atomic E-state index is 11.9. The third-order valence-electron chi connectivity index (χ3n) is 3.54. The highest BCUT2D eigenvalue weighted by Crippen LogP contribution is 2.07. The van der Waals surface area contributed by atoms with Crippen LogP contribution in [0.2, 0.25) is 0 Å². The van der Waals surface area contributed by atoms with E-state index in [9.17, 15) is 4.79 Å². The third-order valence-corrected chi connectivity index (χ3v) is 3.54. The molecule has 0 fully saturated rings. The van der Waals surface area contributed by atoms with Crippen molar-refractivity contribution in [3.8, 4) is 0 Å². The van der Waals surface area contributed by atoms with Gasteiger partial charge in [0.05, 0.1) is 6.54 Å². The summed E-state index contributed by atoms with van der Waals surface area (Å²) in [4.78, 5) is 16.5. The van der Waals surface area contributed by atoms with Gasteiger partial charge in [-0.25, -0.2) is 4.99 Å². The predicted molar refractivity (Wildman–Crippen MR) is 117 cm³/mol. The first-order valence-electron chi connectivity index (χ1n) is 8.96. The van der Waals surface area contributed by atoms with Gasteiger partial charge in [-0.3, -0.25) is 4.79 Å². The van der Waals surface area contributed by atoms with E-state index >= 15 is 0 Å². The van der Waals surface area contributed by atoms with Crippen LogP contribution in [0.4, 0.5) is 0 Å². The standard InChI is InChI=1S/C19H32N4O.HI/c1-5-20-18(24)17-11-7-10-16(13-17)14-23-19(21-6-2)22-12-8-9-15(3)4;/h7,10-11,13,15H,5-6,8-9,12,14H2,1-4H3,(H,20,24)(H2,21,22,23);1H. The first-order valence-corrected chi connectivity index (χ1v) is 8.96. The quantitative estimate of drug-likeness (QED) is 0.229. The van der Waals surface area contributed by atoms with Crippen LogP contribution in [0.25, 0.3) is 0 Å². The Morgan fingerprint density at radius 1 is 1.12 bits per heavy atom. The number of guanidine groups is 1. The van der Waals surface area contributed by atoms with Gasteiger partial charge >= 0.3 is 0 Å². The molecule has 0 aromatic heterocycles. The SMILES string of the molecule is CCNC(=O)c1cccc(CN=C(NCC)NCCCC(C)C)c1.I. The number of hydrogen-bond acceptors (Lipinski definition) is 2. The molecule has 1 aromatic rings. The first kappa shape index (κ1) is 23.7. The van der Waals surface area contributed by atoms with Gasteiger partial charge in [0.1, 0.15) is 0 Å². The molecule has 0 bridgehead atoms. The fourth-order valence-corrected chi connectivity index (χ4v) is 2.30. The fourth-order valence-electron chi connectivity index (χ4n) is 2.30. The van der Waals surface area contributed by atoms with Crippen LogP contribution in [0.3, 0.4) is 0 Å². The predicted octanol–water partition coefficient (Wildman–Crippen LogP) is 3.55. The summed E-state index contributed by atoms with van der Waals surface area (Å²) >= 11 is 0. The Kier molecular flexibility index (Phi) is 13.2. The van der Waals surface area contributed by atoms with Gasteiger partial charge in [-0.15, -0.1) is 24.0 Å². The van der Waals surface area contributed by atoms with E-state index in [0.29, 0.717) is 18.7 Å². The van der Waals surface area contributed by atoms with Gasteiger partial charge in [-0.2, -0.15) is 0 Å². The lowest BCUT2D eigenvalue weighted by Crippen LogP contribution is -2.37. The summed E-state index contributed by atoms with van der Waals surface area (Å²) in [6.45, 7) is 11.4. The molecular weight excluding hydrogens is 427 g/mol. The van der Waals surface area contributed by atoms with Crippen LogP contribution in [0.1, 0.15) is 56.5 Å². The van der Waals surface area contributed by atoms with Crippen LogP contribution in [0, 0.1) is 5.92 Å². The molecule has 1 amide bonds. The van der Waals surface area contributed by atoms with Crippen molar-refractivity contribution in [2.45, 2.75) is 47.1 Å². The van der Waals surface area contributed by atoms with Gasteiger partial charge in [-0.1, -0.05) is 26.0 Å². The van der Waals surface area contributed by atoms with Gasteiger partial charge in [0.2, 0.25) is 0 Å². The Morgan fingerprint density at radius 2 is 1.84 bits per heavy atom. The number of nitrogens with one attached hydrogen (secondary N) is 3. The molecule has 0 heterocycles. The normalized spacial score (nSPS) is 11.0. The van der Waals surface area contributed by atoms with Crippen molar-refractivity contribution < 1.29 is 4.79 Å². The summed E-state index contributed by atoms with van der Waals surface area (Å²) in [6, 6.07) is 7.62. The van der Waals surface area contributed by atoms with Crippen LogP contribution < -0.4 is 16.0 Å². The van der Waals surface area contributed by atoms with Crippen molar-refractivity contribution in [3.63, 3.8) is 0 Å². The van der Waals surface area contributed by atoms with Crippen LogP contribution in [-0.2, 0) is 6.54 Å². The molecule has 6 heteroatoms. The molecule has 0 unspecified atom stereocenters. The lowest BCUT2D eigenvalue weighted by Gasteiger charge is -2.12. The highest BCUT2D eigenvalue weighted by molar-refractivity contribution is 14.0. The molecule has 1 aromatic carbocycles. The maximum atomic E-state index is 11.9.